The lowest BCUT2D eigenvalue weighted by atomic mass is 10.4. The normalized spacial score (nSPS) is 18.0. The quantitative estimate of drug-likeness (QED) is 0.833. The molecule has 0 atom stereocenters. The van der Waals surface area contributed by atoms with Crippen LogP contribution in [0, 0.1) is 6.92 Å². The Balaban J connectivity index is 1.54. The van der Waals surface area contributed by atoms with Gasteiger partial charge in [0.05, 0.1) is 13.1 Å². The van der Waals surface area contributed by atoms with Crippen molar-refractivity contribution in [1.82, 2.24) is 29.6 Å². The van der Waals surface area contributed by atoms with Gasteiger partial charge in [-0.25, -0.2) is 9.97 Å². The zero-order chi connectivity index (χ0) is 16.5. The Bertz CT molecular complexity index is 739. The molecule has 2 aromatic rings. The third-order valence-corrected chi connectivity index (χ3v) is 4.60. The molecule has 4 rings (SSSR count). The van der Waals surface area contributed by atoms with Gasteiger partial charge in [0.1, 0.15) is 0 Å². The van der Waals surface area contributed by atoms with Crippen LogP contribution >= 0.6 is 0 Å². The standard InChI is InChI=1S/C16H21N7O/c1-12-8-17-16(18-9-12)22-6-3-7-23-13(19-20-14(23)11-22)10-21-5-2-4-15(21)24/h8-9H,2-7,10-11H2,1H3. The summed E-state index contributed by atoms with van der Waals surface area (Å²) in [5.74, 6) is 2.74. The summed E-state index contributed by atoms with van der Waals surface area (Å²) in [7, 11) is 0. The summed E-state index contributed by atoms with van der Waals surface area (Å²) in [5.41, 5.74) is 1.05. The minimum absolute atomic E-state index is 0.218. The molecule has 0 N–H and O–H groups in total. The average Bonchev–Trinajstić information content (AvgIpc) is 3.08. The molecular formula is C16H21N7O. The second kappa shape index (κ2) is 6.18. The average molecular weight is 327 g/mol. The number of aryl methyl sites for hydroxylation is 1. The van der Waals surface area contributed by atoms with E-state index in [9.17, 15) is 4.79 Å². The van der Waals surface area contributed by atoms with Crippen molar-refractivity contribution in [3.05, 3.63) is 29.6 Å². The Morgan fingerprint density at radius 3 is 2.67 bits per heavy atom. The highest BCUT2D eigenvalue weighted by Gasteiger charge is 2.25. The van der Waals surface area contributed by atoms with E-state index in [2.05, 4.69) is 29.6 Å². The molecule has 1 fully saturated rings. The molecule has 1 amide bonds. The zero-order valence-electron chi connectivity index (χ0n) is 13.9. The number of anilines is 1. The molecule has 8 nitrogen and oxygen atoms in total. The van der Waals surface area contributed by atoms with Gasteiger partial charge in [0.15, 0.2) is 11.6 Å². The fourth-order valence-corrected chi connectivity index (χ4v) is 3.30. The second-order valence-electron chi connectivity index (χ2n) is 6.44. The van der Waals surface area contributed by atoms with Crippen molar-refractivity contribution in [3.8, 4) is 0 Å². The van der Waals surface area contributed by atoms with E-state index in [1.54, 1.807) is 0 Å². The molecule has 0 spiro atoms. The van der Waals surface area contributed by atoms with E-state index in [-0.39, 0.29) is 5.91 Å². The van der Waals surface area contributed by atoms with E-state index >= 15 is 0 Å². The predicted molar refractivity (Wildman–Crippen MR) is 87.1 cm³/mol. The number of carbonyl (C=O) groups is 1. The molecule has 0 bridgehead atoms. The largest absolute Gasteiger partial charge is 0.335 e. The lowest BCUT2D eigenvalue weighted by Crippen LogP contribution is -2.26. The van der Waals surface area contributed by atoms with E-state index < -0.39 is 0 Å². The number of carbonyl (C=O) groups excluding carboxylic acids is 1. The minimum Gasteiger partial charge on any atom is -0.335 e. The summed E-state index contributed by atoms with van der Waals surface area (Å²) >= 11 is 0. The Kier molecular flexibility index (Phi) is 3.87. The molecule has 126 valence electrons. The molecule has 0 aliphatic carbocycles. The van der Waals surface area contributed by atoms with E-state index in [0.29, 0.717) is 19.5 Å². The summed E-state index contributed by atoms with van der Waals surface area (Å²) < 4.78 is 2.15. The van der Waals surface area contributed by atoms with Crippen LogP contribution in [0.1, 0.15) is 36.5 Å². The SMILES string of the molecule is Cc1cnc(N2CCCn3c(CN4CCCC4=O)nnc3C2)nc1. The van der Waals surface area contributed by atoms with Crippen LogP contribution in [0.5, 0.6) is 0 Å². The van der Waals surface area contributed by atoms with Crippen molar-refractivity contribution >= 4 is 11.9 Å². The molecule has 24 heavy (non-hydrogen) atoms. The van der Waals surface area contributed by atoms with Gasteiger partial charge in [-0.2, -0.15) is 0 Å². The number of nitrogens with zero attached hydrogens (tertiary/aromatic N) is 7. The highest BCUT2D eigenvalue weighted by molar-refractivity contribution is 5.77. The van der Waals surface area contributed by atoms with Crippen molar-refractivity contribution in [2.45, 2.75) is 45.8 Å². The van der Waals surface area contributed by atoms with E-state index in [4.69, 9.17) is 0 Å². The molecule has 2 aliphatic rings. The Labute approximate surface area is 140 Å². The third-order valence-electron chi connectivity index (χ3n) is 4.60. The van der Waals surface area contributed by atoms with Crippen molar-refractivity contribution in [3.63, 3.8) is 0 Å². The number of fused-ring (bicyclic) bond motifs is 1. The minimum atomic E-state index is 0.218. The summed E-state index contributed by atoms with van der Waals surface area (Å²) in [6.45, 7) is 5.76. The van der Waals surface area contributed by atoms with Crippen molar-refractivity contribution < 1.29 is 4.79 Å². The molecule has 2 aliphatic heterocycles. The number of hydrogen-bond acceptors (Lipinski definition) is 6. The van der Waals surface area contributed by atoms with E-state index in [1.165, 1.54) is 0 Å². The molecule has 0 saturated carbocycles. The maximum absolute atomic E-state index is 11.8. The van der Waals surface area contributed by atoms with Gasteiger partial charge in [-0.3, -0.25) is 4.79 Å². The second-order valence-corrected chi connectivity index (χ2v) is 6.44. The maximum atomic E-state index is 11.8. The zero-order valence-corrected chi connectivity index (χ0v) is 13.9. The first kappa shape index (κ1) is 15.0. The first-order valence-electron chi connectivity index (χ1n) is 8.43. The van der Waals surface area contributed by atoms with Crippen molar-refractivity contribution in [2.24, 2.45) is 0 Å². The van der Waals surface area contributed by atoms with Crippen molar-refractivity contribution in [2.75, 3.05) is 18.0 Å². The molecule has 0 radical (unpaired) electrons. The van der Waals surface area contributed by atoms with Gasteiger partial charge in [0, 0.05) is 38.4 Å². The molecule has 0 unspecified atom stereocenters. The van der Waals surface area contributed by atoms with Crippen LogP contribution in [-0.4, -0.2) is 48.6 Å². The van der Waals surface area contributed by atoms with Gasteiger partial charge in [0.2, 0.25) is 11.9 Å². The molecule has 4 heterocycles. The van der Waals surface area contributed by atoms with Gasteiger partial charge in [-0.15, -0.1) is 10.2 Å². The van der Waals surface area contributed by atoms with Crippen molar-refractivity contribution in [1.29, 1.82) is 0 Å². The highest BCUT2D eigenvalue weighted by atomic mass is 16.2. The van der Waals surface area contributed by atoms with Crippen LogP contribution in [0.15, 0.2) is 12.4 Å². The number of rotatable bonds is 3. The Hall–Kier alpha value is -2.51. The summed E-state index contributed by atoms with van der Waals surface area (Å²) in [6, 6.07) is 0. The van der Waals surface area contributed by atoms with Crippen LogP contribution in [0.3, 0.4) is 0 Å². The van der Waals surface area contributed by atoms with Crippen LogP contribution in [0.4, 0.5) is 5.95 Å². The van der Waals surface area contributed by atoms with Crippen LogP contribution < -0.4 is 4.90 Å². The number of amides is 1. The van der Waals surface area contributed by atoms with Gasteiger partial charge >= 0.3 is 0 Å². The predicted octanol–water partition coefficient (Wildman–Crippen LogP) is 0.909. The maximum Gasteiger partial charge on any atom is 0.225 e. The van der Waals surface area contributed by atoms with Gasteiger partial charge in [-0.05, 0) is 25.3 Å². The third kappa shape index (κ3) is 2.83. The number of likely N-dealkylation sites (tertiary alicyclic amines) is 1. The topological polar surface area (TPSA) is 80.0 Å². The smallest absolute Gasteiger partial charge is 0.225 e. The molecular weight excluding hydrogens is 306 g/mol. The first-order valence-corrected chi connectivity index (χ1v) is 8.43. The number of hydrogen-bond donors (Lipinski definition) is 0. The van der Waals surface area contributed by atoms with Crippen LogP contribution in [-0.2, 0) is 24.4 Å². The highest BCUT2D eigenvalue weighted by Crippen LogP contribution is 2.19. The summed E-state index contributed by atoms with van der Waals surface area (Å²) in [6.07, 6.45) is 6.24. The lowest BCUT2D eigenvalue weighted by Gasteiger charge is -2.18. The first-order chi connectivity index (χ1) is 11.7. The van der Waals surface area contributed by atoms with Gasteiger partial charge in [0.25, 0.3) is 0 Å². The molecule has 0 aromatic carbocycles. The van der Waals surface area contributed by atoms with Crippen LogP contribution in [0.25, 0.3) is 0 Å². The fraction of sp³-hybridized carbons (Fsp3) is 0.562. The molecule has 8 heteroatoms. The molecule has 1 saturated heterocycles. The summed E-state index contributed by atoms with van der Waals surface area (Å²) in [4.78, 5) is 24.7. The Morgan fingerprint density at radius 2 is 1.92 bits per heavy atom. The monoisotopic (exact) mass is 327 g/mol. The fourth-order valence-electron chi connectivity index (χ4n) is 3.30. The number of aromatic nitrogens is 5. The molecule has 2 aromatic heterocycles. The summed E-state index contributed by atoms with van der Waals surface area (Å²) in [5, 5.41) is 8.69. The van der Waals surface area contributed by atoms with Gasteiger partial charge in [-0.1, -0.05) is 0 Å². The lowest BCUT2D eigenvalue weighted by molar-refractivity contribution is -0.128. The Morgan fingerprint density at radius 1 is 1.08 bits per heavy atom. The van der Waals surface area contributed by atoms with E-state index in [0.717, 1.165) is 55.6 Å². The van der Waals surface area contributed by atoms with Gasteiger partial charge < -0.3 is 14.4 Å². The van der Waals surface area contributed by atoms with E-state index in [1.807, 2.05) is 24.2 Å². The van der Waals surface area contributed by atoms with Crippen LogP contribution in [0.2, 0.25) is 0 Å².